The van der Waals surface area contributed by atoms with Crippen LogP contribution in [0.1, 0.15) is 13.3 Å². The maximum atomic E-state index is 15.2. The topological polar surface area (TPSA) is 67.4 Å². The molecule has 29 heavy (non-hydrogen) atoms. The zero-order valence-corrected chi connectivity index (χ0v) is 17.3. The number of allylic oxidation sites excluding steroid dienone is 4. The SMILES string of the molecule is C=C(Cl)/C=C\C=C(/F)[C@H]1[C@@H]2C(=O)OCC[C@@H]2N[C@@]1(C)C(=O)Nc1cccc(Cl)c1. The van der Waals surface area contributed by atoms with Crippen LogP contribution in [-0.4, -0.2) is 30.1 Å². The maximum absolute atomic E-state index is 15.2. The van der Waals surface area contributed by atoms with Gasteiger partial charge >= 0.3 is 5.97 Å². The number of amides is 1. The number of nitrogens with one attached hydrogen (secondary N) is 2. The van der Waals surface area contributed by atoms with Crippen LogP contribution in [0.25, 0.3) is 0 Å². The van der Waals surface area contributed by atoms with Crippen LogP contribution in [-0.2, 0) is 14.3 Å². The summed E-state index contributed by atoms with van der Waals surface area (Å²) < 4.78 is 20.4. The van der Waals surface area contributed by atoms with E-state index < -0.39 is 35.1 Å². The fourth-order valence-electron chi connectivity index (χ4n) is 3.92. The van der Waals surface area contributed by atoms with Crippen molar-refractivity contribution in [3.05, 3.63) is 65.0 Å². The first-order valence-electron chi connectivity index (χ1n) is 9.12. The van der Waals surface area contributed by atoms with Gasteiger partial charge in [0.1, 0.15) is 11.4 Å². The van der Waals surface area contributed by atoms with Crippen LogP contribution in [0.4, 0.5) is 10.1 Å². The summed E-state index contributed by atoms with van der Waals surface area (Å²) in [4.78, 5) is 25.6. The second-order valence-corrected chi connectivity index (χ2v) is 8.16. The van der Waals surface area contributed by atoms with Crippen LogP contribution in [0.3, 0.4) is 0 Å². The van der Waals surface area contributed by atoms with Gasteiger partial charge in [0.15, 0.2) is 0 Å². The lowest BCUT2D eigenvalue weighted by molar-refractivity contribution is -0.154. The average molecular weight is 439 g/mol. The van der Waals surface area contributed by atoms with Crippen molar-refractivity contribution in [2.24, 2.45) is 11.8 Å². The van der Waals surface area contributed by atoms with E-state index in [-0.39, 0.29) is 17.7 Å². The molecule has 2 saturated heterocycles. The molecule has 0 unspecified atom stereocenters. The Balaban J connectivity index is 1.95. The normalized spacial score (nSPS) is 29.4. The van der Waals surface area contributed by atoms with Gasteiger partial charge in [-0.15, -0.1) is 0 Å². The Hall–Kier alpha value is -2.15. The van der Waals surface area contributed by atoms with Crippen LogP contribution in [0.5, 0.6) is 0 Å². The molecule has 0 aliphatic carbocycles. The van der Waals surface area contributed by atoms with E-state index in [9.17, 15) is 9.59 Å². The van der Waals surface area contributed by atoms with E-state index in [2.05, 4.69) is 17.2 Å². The van der Waals surface area contributed by atoms with Crippen molar-refractivity contribution in [2.75, 3.05) is 11.9 Å². The van der Waals surface area contributed by atoms with Crippen LogP contribution in [0.15, 0.2) is 59.9 Å². The molecular weight excluding hydrogens is 418 g/mol. The second-order valence-electron chi connectivity index (χ2n) is 7.23. The van der Waals surface area contributed by atoms with Crippen molar-refractivity contribution in [1.29, 1.82) is 0 Å². The smallest absolute Gasteiger partial charge is 0.311 e. The number of carbonyl (C=O) groups excluding carboxylic acids is 2. The number of carbonyl (C=O) groups is 2. The Labute approximate surface area is 178 Å². The van der Waals surface area contributed by atoms with E-state index in [1.165, 1.54) is 18.2 Å². The van der Waals surface area contributed by atoms with E-state index in [0.717, 1.165) is 0 Å². The Morgan fingerprint density at radius 1 is 1.48 bits per heavy atom. The molecule has 2 aliphatic heterocycles. The lowest BCUT2D eigenvalue weighted by atomic mass is 9.77. The predicted octanol–water partition coefficient (Wildman–Crippen LogP) is 4.35. The zero-order chi connectivity index (χ0) is 21.2. The number of cyclic esters (lactones) is 1. The molecule has 2 aliphatic rings. The third-order valence-corrected chi connectivity index (χ3v) is 5.59. The number of halogens is 3. The number of benzene rings is 1. The minimum atomic E-state index is -1.38. The number of hydrogen-bond donors (Lipinski definition) is 2. The van der Waals surface area contributed by atoms with Gasteiger partial charge in [0.25, 0.3) is 0 Å². The molecule has 154 valence electrons. The third-order valence-electron chi connectivity index (χ3n) is 5.23. The van der Waals surface area contributed by atoms with Gasteiger partial charge in [0.05, 0.1) is 18.4 Å². The molecule has 0 radical (unpaired) electrons. The van der Waals surface area contributed by atoms with E-state index in [4.69, 9.17) is 27.9 Å². The van der Waals surface area contributed by atoms with Gasteiger partial charge in [-0.05, 0) is 43.7 Å². The molecule has 0 aromatic heterocycles. The highest BCUT2D eigenvalue weighted by Crippen LogP contribution is 2.44. The van der Waals surface area contributed by atoms with Crippen LogP contribution in [0, 0.1) is 11.8 Å². The van der Waals surface area contributed by atoms with Crippen molar-refractivity contribution in [3.8, 4) is 0 Å². The molecule has 8 heteroatoms. The molecule has 1 amide bonds. The molecule has 2 heterocycles. The summed E-state index contributed by atoms with van der Waals surface area (Å²) in [6.07, 6.45) is 4.49. The Morgan fingerprint density at radius 3 is 2.93 bits per heavy atom. The summed E-state index contributed by atoms with van der Waals surface area (Å²) in [5.41, 5.74) is -0.905. The number of esters is 1. The van der Waals surface area contributed by atoms with E-state index >= 15 is 4.39 Å². The molecule has 0 bridgehead atoms. The number of fused-ring (bicyclic) bond motifs is 1. The summed E-state index contributed by atoms with van der Waals surface area (Å²) in [5.74, 6) is -3.48. The first kappa shape index (κ1) is 21.6. The molecule has 1 aromatic carbocycles. The molecule has 0 saturated carbocycles. The monoisotopic (exact) mass is 438 g/mol. The highest BCUT2D eigenvalue weighted by molar-refractivity contribution is 6.31. The minimum Gasteiger partial charge on any atom is -0.465 e. The third kappa shape index (κ3) is 4.55. The van der Waals surface area contributed by atoms with Gasteiger partial charge in [0, 0.05) is 21.8 Å². The first-order valence-corrected chi connectivity index (χ1v) is 9.87. The zero-order valence-electron chi connectivity index (χ0n) is 15.8. The Morgan fingerprint density at radius 2 is 2.24 bits per heavy atom. The summed E-state index contributed by atoms with van der Waals surface area (Å²) in [5, 5.41) is 6.62. The molecule has 0 spiro atoms. The van der Waals surface area contributed by atoms with Gasteiger partial charge in [-0.3, -0.25) is 14.9 Å². The highest BCUT2D eigenvalue weighted by atomic mass is 35.5. The van der Waals surface area contributed by atoms with E-state index in [1.54, 1.807) is 31.2 Å². The molecule has 2 N–H and O–H groups in total. The van der Waals surface area contributed by atoms with Gasteiger partial charge < -0.3 is 10.1 Å². The van der Waals surface area contributed by atoms with Gasteiger partial charge in [-0.1, -0.05) is 41.9 Å². The number of hydrogen-bond acceptors (Lipinski definition) is 4. The Bertz CT molecular complexity index is 902. The van der Waals surface area contributed by atoms with Crippen LogP contribution >= 0.6 is 23.2 Å². The van der Waals surface area contributed by atoms with E-state index in [1.807, 2.05) is 0 Å². The van der Waals surface area contributed by atoms with Crippen molar-refractivity contribution < 1.29 is 18.7 Å². The fraction of sp³-hybridized carbons (Fsp3) is 0.333. The lowest BCUT2D eigenvalue weighted by Crippen LogP contribution is -2.54. The summed E-state index contributed by atoms with van der Waals surface area (Å²) >= 11 is 11.7. The standard InChI is InChI=1S/C21H21Cl2FN2O3/c1-12(22)5-3-8-15(24)18-17-16(9-10-29-19(17)27)26-21(18,2)20(28)25-14-7-4-6-13(23)11-14/h3-8,11,16-18,26H,1,9-10H2,2H3,(H,25,28)/b5-3-,15-8-/t16-,17+,18-,21+/m0/s1. The van der Waals surface area contributed by atoms with E-state index in [0.29, 0.717) is 17.1 Å². The first-order chi connectivity index (χ1) is 13.7. The molecule has 4 atom stereocenters. The summed E-state index contributed by atoms with van der Waals surface area (Å²) in [7, 11) is 0. The Kier molecular flexibility index (Phi) is 6.46. The summed E-state index contributed by atoms with van der Waals surface area (Å²) in [6, 6.07) is 6.28. The number of ether oxygens (including phenoxy) is 1. The van der Waals surface area contributed by atoms with Crippen molar-refractivity contribution in [1.82, 2.24) is 5.32 Å². The van der Waals surface area contributed by atoms with Crippen molar-refractivity contribution in [2.45, 2.75) is 24.9 Å². The lowest BCUT2D eigenvalue weighted by Gasteiger charge is -2.31. The van der Waals surface area contributed by atoms with Gasteiger partial charge in [-0.25, -0.2) is 4.39 Å². The summed E-state index contributed by atoms with van der Waals surface area (Å²) in [6.45, 7) is 5.31. The number of rotatable bonds is 5. The molecule has 3 rings (SSSR count). The average Bonchev–Trinajstić information content (AvgIpc) is 2.96. The van der Waals surface area contributed by atoms with Crippen LogP contribution in [0.2, 0.25) is 5.02 Å². The molecular formula is C21H21Cl2FN2O3. The van der Waals surface area contributed by atoms with Crippen molar-refractivity contribution >= 4 is 40.8 Å². The minimum absolute atomic E-state index is 0.225. The van der Waals surface area contributed by atoms with Gasteiger partial charge in [-0.2, -0.15) is 0 Å². The second kappa shape index (κ2) is 8.69. The number of anilines is 1. The molecule has 5 nitrogen and oxygen atoms in total. The highest BCUT2D eigenvalue weighted by Gasteiger charge is 2.60. The molecule has 1 aromatic rings. The molecule has 2 fully saturated rings. The van der Waals surface area contributed by atoms with Gasteiger partial charge in [0.2, 0.25) is 5.91 Å². The largest absolute Gasteiger partial charge is 0.465 e. The van der Waals surface area contributed by atoms with Crippen LogP contribution < -0.4 is 10.6 Å². The predicted molar refractivity (Wildman–Crippen MR) is 111 cm³/mol. The fourth-order valence-corrected chi connectivity index (χ4v) is 4.18. The van der Waals surface area contributed by atoms with Crippen molar-refractivity contribution in [3.63, 3.8) is 0 Å². The quantitative estimate of drug-likeness (QED) is 0.529. The maximum Gasteiger partial charge on any atom is 0.311 e.